The van der Waals surface area contributed by atoms with E-state index in [0.29, 0.717) is 6.42 Å². The molecule has 3 rings (SSSR count). The van der Waals surface area contributed by atoms with E-state index in [1.807, 2.05) is 12.1 Å². The van der Waals surface area contributed by atoms with E-state index >= 15 is 0 Å². The van der Waals surface area contributed by atoms with Crippen molar-refractivity contribution >= 4 is 15.9 Å². The SMILES string of the molecule is NC(Cc1ccc(F)cc1Br)c1ccc2c(c1)CCO2. The van der Waals surface area contributed by atoms with E-state index in [2.05, 4.69) is 22.0 Å². The molecule has 20 heavy (non-hydrogen) atoms. The molecule has 2 aromatic carbocycles. The smallest absolute Gasteiger partial charge is 0.124 e. The van der Waals surface area contributed by atoms with Crippen LogP contribution in [0.2, 0.25) is 0 Å². The van der Waals surface area contributed by atoms with Gasteiger partial charge >= 0.3 is 0 Å². The normalized spacial score (nSPS) is 14.8. The van der Waals surface area contributed by atoms with Gasteiger partial charge in [0.2, 0.25) is 0 Å². The van der Waals surface area contributed by atoms with Crippen molar-refractivity contribution in [3.8, 4) is 5.75 Å². The molecule has 0 aliphatic carbocycles. The van der Waals surface area contributed by atoms with Crippen molar-refractivity contribution in [3.05, 3.63) is 63.4 Å². The monoisotopic (exact) mass is 335 g/mol. The van der Waals surface area contributed by atoms with Crippen LogP contribution in [0.4, 0.5) is 4.39 Å². The van der Waals surface area contributed by atoms with E-state index in [1.54, 1.807) is 6.07 Å². The third-order valence-electron chi connectivity index (χ3n) is 3.60. The molecule has 0 amide bonds. The van der Waals surface area contributed by atoms with Crippen molar-refractivity contribution in [2.75, 3.05) is 6.61 Å². The van der Waals surface area contributed by atoms with Crippen molar-refractivity contribution in [1.82, 2.24) is 0 Å². The first-order chi connectivity index (χ1) is 9.63. The Morgan fingerprint density at radius 3 is 2.90 bits per heavy atom. The van der Waals surface area contributed by atoms with Gasteiger partial charge in [-0.1, -0.05) is 34.1 Å². The van der Waals surface area contributed by atoms with Crippen LogP contribution in [0.5, 0.6) is 5.75 Å². The maximum absolute atomic E-state index is 13.1. The molecular weight excluding hydrogens is 321 g/mol. The van der Waals surface area contributed by atoms with Crippen LogP contribution in [0.15, 0.2) is 40.9 Å². The summed E-state index contributed by atoms with van der Waals surface area (Å²) in [5.41, 5.74) is 9.59. The van der Waals surface area contributed by atoms with Crippen LogP contribution in [-0.4, -0.2) is 6.61 Å². The van der Waals surface area contributed by atoms with E-state index < -0.39 is 0 Å². The van der Waals surface area contributed by atoms with Crippen molar-refractivity contribution in [3.63, 3.8) is 0 Å². The van der Waals surface area contributed by atoms with E-state index in [1.165, 1.54) is 17.7 Å². The molecule has 0 saturated carbocycles. The van der Waals surface area contributed by atoms with Gasteiger partial charge in [-0.3, -0.25) is 0 Å². The first kappa shape index (κ1) is 13.6. The van der Waals surface area contributed by atoms with Gasteiger partial charge in [0, 0.05) is 16.9 Å². The third-order valence-corrected chi connectivity index (χ3v) is 4.33. The molecule has 1 heterocycles. The summed E-state index contributed by atoms with van der Waals surface area (Å²) in [5, 5.41) is 0. The van der Waals surface area contributed by atoms with Gasteiger partial charge in [-0.25, -0.2) is 4.39 Å². The summed E-state index contributed by atoms with van der Waals surface area (Å²) >= 11 is 3.38. The zero-order valence-electron chi connectivity index (χ0n) is 10.9. The third kappa shape index (κ3) is 2.72. The van der Waals surface area contributed by atoms with Gasteiger partial charge in [0.15, 0.2) is 0 Å². The van der Waals surface area contributed by atoms with Gasteiger partial charge in [-0.15, -0.1) is 0 Å². The molecule has 1 atom stereocenters. The second-order valence-corrected chi connectivity index (χ2v) is 5.87. The molecule has 104 valence electrons. The van der Waals surface area contributed by atoms with E-state index in [9.17, 15) is 4.39 Å². The second-order valence-electron chi connectivity index (χ2n) is 5.01. The Kier molecular flexibility index (Phi) is 3.76. The second kappa shape index (κ2) is 5.54. The Bertz CT molecular complexity index is 644. The Labute approximate surface area is 125 Å². The van der Waals surface area contributed by atoms with Crippen molar-refractivity contribution < 1.29 is 9.13 Å². The molecule has 0 radical (unpaired) electrons. The van der Waals surface area contributed by atoms with Gasteiger partial charge in [0.05, 0.1) is 6.61 Å². The summed E-state index contributed by atoms with van der Waals surface area (Å²) in [7, 11) is 0. The molecule has 1 aliphatic rings. The Hall–Kier alpha value is -1.39. The minimum Gasteiger partial charge on any atom is -0.493 e. The average molecular weight is 336 g/mol. The molecule has 0 aromatic heterocycles. The lowest BCUT2D eigenvalue weighted by Gasteiger charge is -2.14. The number of benzene rings is 2. The quantitative estimate of drug-likeness (QED) is 0.926. The number of fused-ring (bicyclic) bond motifs is 1. The highest BCUT2D eigenvalue weighted by Gasteiger charge is 2.16. The van der Waals surface area contributed by atoms with Crippen LogP contribution in [0.1, 0.15) is 22.7 Å². The highest BCUT2D eigenvalue weighted by atomic mass is 79.9. The molecular formula is C16H15BrFNO. The van der Waals surface area contributed by atoms with Gasteiger partial charge in [0.25, 0.3) is 0 Å². The Morgan fingerprint density at radius 1 is 1.25 bits per heavy atom. The van der Waals surface area contributed by atoms with Crippen molar-refractivity contribution in [2.45, 2.75) is 18.9 Å². The maximum Gasteiger partial charge on any atom is 0.124 e. The summed E-state index contributed by atoms with van der Waals surface area (Å²) in [6.07, 6.45) is 1.61. The van der Waals surface area contributed by atoms with Crippen LogP contribution < -0.4 is 10.5 Å². The number of hydrogen-bond acceptors (Lipinski definition) is 2. The summed E-state index contributed by atoms with van der Waals surface area (Å²) in [5.74, 6) is 0.716. The first-order valence-electron chi connectivity index (χ1n) is 6.58. The van der Waals surface area contributed by atoms with Gasteiger partial charge in [0.1, 0.15) is 11.6 Å². The topological polar surface area (TPSA) is 35.2 Å². The van der Waals surface area contributed by atoms with E-state index in [4.69, 9.17) is 10.5 Å². The predicted molar refractivity (Wildman–Crippen MR) is 80.4 cm³/mol. The molecule has 1 unspecified atom stereocenters. The van der Waals surface area contributed by atoms with Crippen LogP contribution in [0.25, 0.3) is 0 Å². The number of ether oxygens (including phenoxy) is 1. The predicted octanol–water partition coefficient (Wildman–Crippen LogP) is 3.77. The minimum atomic E-state index is -0.246. The average Bonchev–Trinajstić information content (AvgIpc) is 2.89. The fourth-order valence-electron chi connectivity index (χ4n) is 2.48. The molecule has 2 N–H and O–H groups in total. The van der Waals surface area contributed by atoms with Crippen LogP contribution in [-0.2, 0) is 12.8 Å². The molecule has 2 nitrogen and oxygen atoms in total. The fraction of sp³-hybridized carbons (Fsp3) is 0.250. The maximum atomic E-state index is 13.1. The lowest BCUT2D eigenvalue weighted by Crippen LogP contribution is -2.13. The molecule has 0 bridgehead atoms. The summed E-state index contributed by atoms with van der Waals surface area (Å²) in [4.78, 5) is 0. The zero-order chi connectivity index (χ0) is 14.1. The number of hydrogen-bond donors (Lipinski definition) is 1. The lowest BCUT2D eigenvalue weighted by molar-refractivity contribution is 0.357. The highest BCUT2D eigenvalue weighted by molar-refractivity contribution is 9.10. The van der Waals surface area contributed by atoms with E-state index in [0.717, 1.165) is 34.4 Å². The summed E-state index contributed by atoms with van der Waals surface area (Å²) < 4.78 is 19.3. The summed E-state index contributed by atoms with van der Waals surface area (Å²) in [6, 6.07) is 10.7. The van der Waals surface area contributed by atoms with Crippen LogP contribution >= 0.6 is 15.9 Å². The number of halogens is 2. The summed E-state index contributed by atoms with van der Waals surface area (Å²) in [6.45, 7) is 0.748. The highest BCUT2D eigenvalue weighted by Crippen LogP contribution is 2.29. The molecule has 4 heteroatoms. The minimum absolute atomic E-state index is 0.109. The zero-order valence-corrected chi connectivity index (χ0v) is 12.5. The molecule has 0 saturated heterocycles. The lowest BCUT2D eigenvalue weighted by atomic mass is 9.97. The van der Waals surface area contributed by atoms with Crippen LogP contribution in [0, 0.1) is 5.82 Å². The van der Waals surface area contributed by atoms with Crippen LogP contribution in [0.3, 0.4) is 0 Å². The Balaban J connectivity index is 1.80. The molecule has 1 aliphatic heterocycles. The van der Waals surface area contributed by atoms with Gasteiger partial charge in [-0.2, -0.15) is 0 Å². The number of rotatable bonds is 3. The fourth-order valence-corrected chi connectivity index (χ4v) is 2.99. The Morgan fingerprint density at radius 2 is 2.10 bits per heavy atom. The van der Waals surface area contributed by atoms with E-state index in [-0.39, 0.29) is 11.9 Å². The van der Waals surface area contributed by atoms with Gasteiger partial charge in [-0.05, 0) is 41.3 Å². The van der Waals surface area contributed by atoms with Crippen molar-refractivity contribution in [2.24, 2.45) is 5.73 Å². The first-order valence-corrected chi connectivity index (χ1v) is 7.38. The molecule has 2 aromatic rings. The largest absolute Gasteiger partial charge is 0.493 e. The molecule has 0 spiro atoms. The molecule has 0 fully saturated rings. The van der Waals surface area contributed by atoms with Gasteiger partial charge < -0.3 is 10.5 Å². The standard InChI is InChI=1S/C16H15BrFNO/c17-14-9-13(18)3-1-10(14)8-15(19)11-2-4-16-12(7-11)5-6-20-16/h1-4,7,9,15H,5-6,8,19H2. The number of nitrogens with two attached hydrogens (primary N) is 1. The van der Waals surface area contributed by atoms with Crippen molar-refractivity contribution in [1.29, 1.82) is 0 Å².